The first-order valence-corrected chi connectivity index (χ1v) is 50.5. The molecule has 0 aliphatic heterocycles. The average molecular weight is 1860 g/mol. The van der Waals surface area contributed by atoms with Crippen LogP contribution in [0.5, 0.6) is 34.5 Å². The van der Waals surface area contributed by atoms with E-state index in [1.54, 1.807) is 60.7 Å². The molecule has 6 N–H and O–H groups in total. The van der Waals surface area contributed by atoms with Crippen LogP contribution in [0.4, 0.5) is 0 Å². The summed E-state index contributed by atoms with van der Waals surface area (Å²) in [5.41, 5.74) is 30.5. The van der Waals surface area contributed by atoms with Crippen LogP contribution < -0.4 is 0 Å². The quantitative estimate of drug-likeness (QED) is 0.0559. The Morgan fingerprint density at radius 3 is 0.820 bits per heavy atom. The second-order valence-corrected chi connectivity index (χ2v) is 43.9. The van der Waals surface area contributed by atoms with Gasteiger partial charge in [0.2, 0.25) is 9.84 Å². The van der Waals surface area contributed by atoms with Crippen LogP contribution in [0.25, 0.3) is 11.1 Å². The summed E-state index contributed by atoms with van der Waals surface area (Å²) in [6, 6.07) is 130. The largest absolute Gasteiger partial charge is 0.508 e. The lowest BCUT2D eigenvalue weighted by Gasteiger charge is -2.48. The molecule has 0 aromatic heterocycles. The predicted octanol–water partition coefficient (Wildman–Crippen LogP) is 32.1. The molecule has 712 valence electrons. The number of aryl methyl sites for hydroxylation is 6. The molecule has 3 aliphatic carbocycles. The maximum absolute atomic E-state index is 12.2. The van der Waals surface area contributed by atoms with Gasteiger partial charge in [0.25, 0.3) is 0 Å². The maximum Gasteiger partial charge on any atom is 0.206 e. The molecule has 139 heavy (non-hydrogen) atoms. The van der Waals surface area contributed by atoms with Gasteiger partial charge in [0.1, 0.15) is 34.5 Å². The first-order chi connectivity index (χ1) is 66.1. The fourth-order valence-corrected chi connectivity index (χ4v) is 22.6. The molecule has 9 heteroatoms. The van der Waals surface area contributed by atoms with Crippen molar-refractivity contribution in [2.45, 2.75) is 217 Å². The van der Waals surface area contributed by atoms with Gasteiger partial charge in [0, 0.05) is 32.5 Å². The molecule has 0 radical (unpaired) electrons. The van der Waals surface area contributed by atoms with E-state index in [2.05, 4.69) is 353 Å². The summed E-state index contributed by atoms with van der Waals surface area (Å²) in [6.07, 6.45) is 9.93. The Morgan fingerprint density at radius 2 is 0.496 bits per heavy atom. The molecular weight excluding hydrogens is 1720 g/mol. The summed E-state index contributed by atoms with van der Waals surface area (Å²) < 4.78 is 24.3. The van der Waals surface area contributed by atoms with Crippen LogP contribution in [0.2, 0.25) is 0 Å². The van der Waals surface area contributed by atoms with Gasteiger partial charge in [0.15, 0.2) is 0 Å². The van der Waals surface area contributed by atoms with Gasteiger partial charge in [-0.15, -0.1) is 0 Å². The lowest BCUT2D eigenvalue weighted by atomic mass is 9.55. The van der Waals surface area contributed by atoms with Gasteiger partial charge in [-0.3, -0.25) is 0 Å². The van der Waals surface area contributed by atoms with Crippen LogP contribution in [0.15, 0.2) is 398 Å². The number of aromatic hydroxyl groups is 6. The molecule has 2 saturated carbocycles. The highest BCUT2D eigenvalue weighted by molar-refractivity contribution is 7.91. The molecule has 3 aliphatic rings. The smallest absolute Gasteiger partial charge is 0.206 e. The molecule has 19 rings (SSSR count). The Bertz CT molecular complexity index is 6490. The molecule has 16 aromatic carbocycles. The van der Waals surface area contributed by atoms with Crippen molar-refractivity contribution in [3.8, 4) is 45.6 Å². The van der Waals surface area contributed by atoms with E-state index in [1.165, 1.54) is 197 Å². The zero-order chi connectivity index (χ0) is 99.5. The molecule has 0 saturated heterocycles. The summed E-state index contributed by atoms with van der Waals surface area (Å²) in [6.45, 7) is 37.7. The van der Waals surface area contributed by atoms with E-state index in [9.17, 15) is 34.0 Å². The fourth-order valence-electron chi connectivity index (χ4n) is 21.4. The van der Waals surface area contributed by atoms with Crippen LogP contribution in [0, 0.1) is 52.9 Å². The van der Waals surface area contributed by atoms with E-state index in [4.69, 9.17) is 5.11 Å². The van der Waals surface area contributed by atoms with Gasteiger partial charge in [-0.05, 0) is 282 Å². The lowest BCUT2D eigenvalue weighted by molar-refractivity contribution is 0.127. The van der Waals surface area contributed by atoms with Crippen LogP contribution in [0.1, 0.15) is 250 Å². The van der Waals surface area contributed by atoms with Gasteiger partial charge < -0.3 is 30.6 Å². The van der Waals surface area contributed by atoms with Crippen molar-refractivity contribution >= 4 is 9.84 Å². The number of phenolic OH excluding ortho intramolecular Hbond substituents is 6. The van der Waals surface area contributed by atoms with E-state index in [-0.39, 0.29) is 59.2 Å². The Labute approximate surface area is 827 Å². The zero-order valence-corrected chi connectivity index (χ0v) is 84.9. The van der Waals surface area contributed by atoms with Gasteiger partial charge in [-0.2, -0.15) is 0 Å². The minimum atomic E-state index is -3.48. The Balaban J connectivity index is 0.000000134. The Morgan fingerprint density at radius 1 is 0.259 bits per heavy atom. The second kappa shape index (κ2) is 42.3. The monoisotopic (exact) mass is 1860 g/mol. The molecule has 8 nitrogen and oxygen atoms in total. The topological polar surface area (TPSA) is 156 Å². The molecule has 0 amide bonds. The highest BCUT2D eigenvalue weighted by atomic mass is 32.2. The van der Waals surface area contributed by atoms with Gasteiger partial charge in [-0.1, -0.05) is 420 Å². The Hall–Kier alpha value is -13.7. The van der Waals surface area contributed by atoms with E-state index < -0.39 is 9.84 Å². The molecule has 16 aromatic rings. The highest BCUT2D eigenvalue weighted by Crippen LogP contribution is 2.58. The number of phenols is 6. The van der Waals surface area contributed by atoms with Crippen LogP contribution in [-0.2, 0) is 47.7 Å². The highest BCUT2D eigenvalue weighted by Gasteiger charge is 2.48. The van der Waals surface area contributed by atoms with Gasteiger partial charge >= 0.3 is 0 Å². The number of benzene rings is 16. The lowest BCUT2D eigenvalue weighted by Crippen LogP contribution is -2.41. The third kappa shape index (κ3) is 22.7. The molecule has 0 bridgehead atoms. The summed E-state index contributed by atoms with van der Waals surface area (Å²) in [7, 11) is -3.48. The van der Waals surface area contributed by atoms with Gasteiger partial charge in [0.05, 0.1) is 15.2 Å². The van der Waals surface area contributed by atoms with Crippen molar-refractivity contribution in [3.63, 3.8) is 0 Å². The zero-order valence-electron chi connectivity index (χ0n) is 84.1. The molecule has 2 unspecified atom stereocenters. The second-order valence-electron chi connectivity index (χ2n) is 42.0. The van der Waals surface area contributed by atoms with Crippen molar-refractivity contribution in [2.24, 2.45) is 11.3 Å². The third-order valence-electron chi connectivity index (χ3n) is 29.7. The van der Waals surface area contributed by atoms with Crippen molar-refractivity contribution in [1.29, 1.82) is 0 Å². The van der Waals surface area contributed by atoms with Crippen molar-refractivity contribution in [2.75, 3.05) is 0 Å². The summed E-state index contributed by atoms with van der Waals surface area (Å²) in [4.78, 5) is 0.438. The first kappa shape index (κ1) is 101. The third-order valence-corrected chi connectivity index (χ3v) is 31.5. The van der Waals surface area contributed by atoms with E-state index >= 15 is 0 Å². The van der Waals surface area contributed by atoms with E-state index in [1.807, 2.05) is 67.6 Å². The van der Waals surface area contributed by atoms with Crippen molar-refractivity contribution in [1.82, 2.24) is 0 Å². The molecule has 0 heterocycles. The standard InChI is InChI=1S/C26H20O.2C25H28O.C22H28O.C19H22O.C13H12O3S/c1-18-10-12-19(13-11-18)26(20-14-16-21(27)17-15-20)24-8-4-2-6-22(24)23-7-3-5-9-25(23)26;1-18-6-8-19(9-7-18)24(2,3)20-10-12-21(13-11-20)25(4,5)22-14-16-23(26)17-15-22;1-18-9-11-19(12-10-18)24(2,3)21-7-6-8-22(17-21)25(4,5)20-13-15-23(26)16-14-20;1-16-5-7-18(8-6-16)22(19-9-11-20(23)12-10-19)14-17(2)13-21(3,4)15-22;1-15-5-7-16(8-6-15)19(13-3-2-4-14-19)17-9-11-18(20)12-10-17;1-10-2-6-12(7-3-10)17(15,16)13-8-4-11(14)5-9-13/h2-17,27H,1H3;2*6-17,26H,1-5H3;5-12,17,23H,13-15H2,1-4H3;5-12,20H,2-4,13-14H2,1H3;2-9,14H,1H3. The Kier molecular flexibility index (Phi) is 30.8. The fraction of sp³-hybridized carbons (Fsp3) is 0.262. The number of fused-ring (bicyclic) bond motifs is 3. The number of hydrogen-bond acceptors (Lipinski definition) is 8. The van der Waals surface area contributed by atoms with Crippen LogP contribution in [0.3, 0.4) is 0 Å². The normalized spacial score (nSPS) is 15.6. The SMILES string of the molecule is Cc1ccc(C(C)(C)c2ccc(C(C)(C)c3ccc(O)cc3)cc2)cc1.Cc1ccc(C(C)(C)c2cccc(C(C)(C)c3ccc(O)cc3)c2)cc1.Cc1ccc(C2(c3ccc(O)cc3)CC(C)CC(C)(C)C2)cc1.Cc1ccc(C2(c3ccc(O)cc3)CCCCC2)cc1.Cc1ccc(C2(c3ccc(O)cc3)c3ccccc3-c3ccccc32)cc1.Cc1ccc(S(=O)(=O)c2ccc(O)cc2)cc1. The van der Waals surface area contributed by atoms with Crippen molar-refractivity contribution in [3.05, 3.63) is 511 Å². The molecule has 2 atom stereocenters. The summed E-state index contributed by atoms with van der Waals surface area (Å²) in [5, 5.41) is 57.4. The maximum atomic E-state index is 12.2. The van der Waals surface area contributed by atoms with Crippen molar-refractivity contribution < 1.29 is 39.1 Å². The average Bonchev–Trinajstić information content (AvgIpc) is 1.54. The van der Waals surface area contributed by atoms with Crippen LogP contribution in [-0.4, -0.2) is 39.1 Å². The minimum absolute atomic E-state index is 0.0328. The minimum Gasteiger partial charge on any atom is -0.508 e. The van der Waals surface area contributed by atoms with Gasteiger partial charge in [-0.25, -0.2) is 8.42 Å². The summed E-state index contributed by atoms with van der Waals surface area (Å²) in [5.74, 6) is 2.33. The summed E-state index contributed by atoms with van der Waals surface area (Å²) >= 11 is 0. The predicted molar refractivity (Wildman–Crippen MR) is 575 cm³/mol. The van der Waals surface area contributed by atoms with E-state index in [0.717, 1.165) is 12.0 Å². The number of sulfone groups is 1. The molecule has 0 spiro atoms. The molecular formula is C130H138O8S. The first-order valence-electron chi connectivity index (χ1n) is 49.0. The van der Waals surface area contributed by atoms with E-state index in [0.29, 0.717) is 34.3 Å². The van der Waals surface area contributed by atoms with Crippen LogP contribution >= 0.6 is 0 Å². The number of rotatable bonds is 16. The molecule has 2 fully saturated rings. The number of hydrogen-bond donors (Lipinski definition) is 6.